The molecule has 0 heterocycles. The molecule has 68 valence electrons. The van der Waals surface area contributed by atoms with E-state index in [-0.39, 0.29) is 12.0 Å². The molecule has 0 amide bonds. The summed E-state index contributed by atoms with van der Waals surface area (Å²) in [7, 11) is 1.43. The minimum absolute atomic E-state index is 0.0964. The van der Waals surface area contributed by atoms with E-state index in [2.05, 4.69) is 0 Å². The minimum Gasteiger partial charge on any atom is -0.195 e. The van der Waals surface area contributed by atoms with Crippen LogP contribution in [0.1, 0.15) is 20.3 Å². The summed E-state index contributed by atoms with van der Waals surface area (Å²) in [6.07, 6.45) is 0.693. The summed E-state index contributed by atoms with van der Waals surface area (Å²) in [6, 6.07) is -0.240. The van der Waals surface area contributed by atoms with Crippen LogP contribution in [-0.4, -0.2) is 24.8 Å². The second-order valence-corrected chi connectivity index (χ2v) is 4.91. The van der Waals surface area contributed by atoms with Gasteiger partial charge in [-0.2, -0.15) is 12.7 Å². The third-order valence-corrected chi connectivity index (χ3v) is 3.46. The highest BCUT2D eigenvalue weighted by atomic mass is 35.7. The van der Waals surface area contributed by atoms with Gasteiger partial charge in [-0.15, -0.1) is 11.6 Å². The Morgan fingerprint density at radius 1 is 1.55 bits per heavy atom. The summed E-state index contributed by atoms with van der Waals surface area (Å²) in [5.74, 6) is 0. The van der Waals surface area contributed by atoms with Gasteiger partial charge in [-0.05, 0) is 13.3 Å². The average Bonchev–Trinajstić information content (AvgIpc) is 1.86. The van der Waals surface area contributed by atoms with Crippen LogP contribution < -0.4 is 0 Å². The quantitative estimate of drug-likeness (QED) is 0.411. The first-order valence-corrected chi connectivity index (χ1v) is 6.01. The lowest BCUT2D eigenvalue weighted by molar-refractivity contribution is 0.375. The molecule has 0 aliphatic rings. The Labute approximate surface area is 76.8 Å². The molecule has 0 saturated carbocycles. The highest BCUT2D eigenvalue weighted by Crippen LogP contribution is 2.13. The van der Waals surface area contributed by atoms with Crippen molar-refractivity contribution in [1.82, 2.24) is 4.31 Å². The molecule has 1 unspecified atom stereocenters. The van der Waals surface area contributed by atoms with Crippen LogP contribution in [0.5, 0.6) is 0 Å². The van der Waals surface area contributed by atoms with Gasteiger partial charge < -0.3 is 0 Å². The maximum absolute atomic E-state index is 10.8. The maximum atomic E-state index is 10.8. The van der Waals surface area contributed by atoms with Gasteiger partial charge >= 0.3 is 9.24 Å². The minimum atomic E-state index is -3.65. The molecule has 0 aliphatic heterocycles. The number of nitrogens with zero attached hydrogens (tertiary/aromatic N) is 1. The third kappa shape index (κ3) is 3.60. The second kappa shape index (κ2) is 4.50. The first-order valence-electron chi connectivity index (χ1n) is 3.20. The van der Waals surface area contributed by atoms with Crippen molar-refractivity contribution in [2.45, 2.75) is 26.3 Å². The summed E-state index contributed by atoms with van der Waals surface area (Å²) in [5.41, 5.74) is 0. The van der Waals surface area contributed by atoms with Crippen molar-refractivity contribution in [3.8, 4) is 0 Å². The van der Waals surface area contributed by atoms with Gasteiger partial charge in [0.25, 0.3) is 0 Å². The molecule has 0 aromatic carbocycles. The van der Waals surface area contributed by atoms with Gasteiger partial charge in [0.1, 0.15) is 0 Å². The van der Waals surface area contributed by atoms with E-state index in [1.165, 1.54) is 0 Å². The van der Waals surface area contributed by atoms with Gasteiger partial charge in [-0.1, -0.05) is 6.92 Å². The Hall–Kier alpha value is 0.490. The molecule has 3 nitrogen and oxygen atoms in total. The molecule has 0 aliphatic carbocycles. The van der Waals surface area contributed by atoms with Crippen molar-refractivity contribution in [2.24, 2.45) is 0 Å². The molecule has 1 atom stereocenters. The largest absolute Gasteiger partial charge is 0.301 e. The number of rotatable bonds is 4. The Bertz CT molecular complexity index is 205. The molecule has 11 heavy (non-hydrogen) atoms. The SMILES string of the molecule is CCC(C)N(CCl)S(=O)(=O)Cl. The molecule has 6 heteroatoms. The van der Waals surface area contributed by atoms with Crippen LogP contribution in [0, 0.1) is 0 Å². The zero-order valence-electron chi connectivity index (χ0n) is 6.42. The number of hydrogen-bond acceptors (Lipinski definition) is 2. The Balaban J connectivity index is 4.42. The van der Waals surface area contributed by atoms with Crippen LogP contribution in [0.3, 0.4) is 0 Å². The zero-order chi connectivity index (χ0) is 9.07. The first-order chi connectivity index (χ1) is 4.93. The van der Waals surface area contributed by atoms with Crippen LogP contribution in [0.25, 0.3) is 0 Å². The van der Waals surface area contributed by atoms with Crippen LogP contribution in [0.15, 0.2) is 0 Å². The Morgan fingerprint density at radius 2 is 2.00 bits per heavy atom. The highest BCUT2D eigenvalue weighted by molar-refractivity contribution is 8.11. The van der Waals surface area contributed by atoms with Crippen LogP contribution in [-0.2, 0) is 9.24 Å². The highest BCUT2D eigenvalue weighted by Gasteiger charge is 2.22. The van der Waals surface area contributed by atoms with E-state index in [4.69, 9.17) is 22.3 Å². The van der Waals surface area contributed by atoms with Crippen molar-refractivity contribution in [3.63, 3.8) is 0 Å². The molecular formula is C5H11Cl2NO2S. The summed E-state index contributed by atoms with van der Waals surface area (Å²) in [6.45, 7) is 3.62. The molecule has 0 N–H and O–H groups in total. The van der Waals surface area contributed by atoms with Gasteiger partial charge in [0.15, 0.2) is 0 Å². The zero-order valence-corrected chi connectivity index (χ0v) is 8.75. The van der Waals surface area contributed by atoms with E-state index < -0.39 is 9.24 Å². The first kappa shape index (κ1) is 11.5. The van der Waals surface area contributed by atoms with Gasteiger partial charge in [-0.25, -0.2) is 0 Å². The van der Waals surface area contributed by atoms with Crippen molar-refractivity contribution < 1.29 is 8.42 Å². The average molecular weight is 220 g/mol. The van der Waals surface area contributed by atoms with Gasteiger partial charge in [0, 0.05) is 16.7 Å². The summed E-state index contributed by atoms with van der Waals surface area (Å²) < 4.78 is 22.6. The topological polar surface area (TPSA) is 37.4 Å². The van der Waals surface area contributed by atoms with Crippen molar-refractivity contribution in [1.29, 1.82) is 0 Å². The monoisotopic (exact) mass is 219 g/mol. The molecule has 0 saturated heterocycles. The molecule has 0 spiro atoms. The fraction of sp³-hybridized carbons (Fsp3) is 1.00. The molecule has 0 fully saturated rings. The van der Waals surface area contributed by atoms with E-state index >= 15 is 0 Å². The van der Waals surface area contributed by atoms with Crippen molar-refractivity contribution in [2.75, 3.05) is 6.00 Å². The van der Waals surface area contributed by atoms with Crippen LogP contribution in [0.4, 0.5) is 0 Å². The smallest absolute Gasteiger partial charge is 0.195 e. The molecule has 0 bridgehead atoms. The normalized spacial score (nSPS) is 15.4. The van der Waals surface area contributed by atoms with E-state index in [9.17, 15) is 8.42 Å². The number of halogens is 2. The third-order valence-electron chi connectivity index (χ3n) is 1.48. The molecule has 0 radical (unpaired) electrons. The summed E-state index contributed by atoms with van der Waals surface area (Å²) >= 11 is 5.39. The van der Waals surface area contributed by atoms with E-state index in [1.54, 1.807) is 6.92 Å². The van der Waals surface area contributed by atoms with Crippen molar-refractivity contribution in [3.05, 3.63) is 0 Å². The predicted molar refractivity (Wildman–Crippen MR) is 47.1 cm³/mol. The number of hydrogen-bond donors (Lipinski definition) is 0. The lowest BCUT2D eigenvalue weighted by Gasteiger charge is -2.21. The lowest BCUT2D eigenvalue weighted by Crippen LogP contribution is -2.34. The summed E-state index contributed by atoms with van der Waals surface area (Å²) in [4.78, 5) is 0. The van der Waals surface area contributed by atoms with Gasteiger partial charge in [-0.3, -0.25) is 0 Å². The molecule has 0 rings (SSSR count). The second-order valence-electron chi connectivity index (χ2n) is 2.21. The van der Waals surface area contributed by atoms with E-state index in [0.717, 1.165) is 4.31 Å². The van der Waals surface area contributed by atoms with E-state index in [0.29, 0.717) is 6.42 Å². The van der Waals surface area contributed by atoms with E-state index in [1.807, 2.05) is 6.92 Å². The number of alkyl halides is 1. The summed E-state index contributed by atoms with van der Waals surface area (Å²) in [5, 5.41) is 0. The standard InChI is InChI=1S/C5H11Cl2NO2S/c1-3-5(2)8(4-6)11(7,9)10/h5H,3-4H2,1-2H3. The molecular weight excluding hydrogens is 209 g/mol. The molecule has 0 aromatic rings. The fourth-order valence-corrected chi connectivity index (χ4v) is 2.62. The Kier molecular flexibility index (Phi) is 4.70. The fourth-order valence-electron chi connectivity index (χ4n) is 0.595. The van der Waals surface area contributed by atoms with Crippen molar-refractivity contribution >= 4 is 31.5 Å². The van der Waals surface area contributed by atoms with Crippen LogP contribution in [0.2, 0.25) is 0 Å². The van der Waals surface area contributed by atoms with Gasteiger partial charge in [0.2, 0.25) is 0 Å². The van der Waals surface area contributed by atoms with Gasteiger partial charge in [0.05, 0.1) is 6.00 Å². The molecule has 0 aromatic heterocycles. The Morgan fingerprint density at radius 3 is 2.09 bits per heavy atom. The lowest BCUT2D eigenvalue weighted by atomic mass is 10.3. The predicted octanol–water partition coefficient (Wildman–Crippen LogP) is 1.77. The maximum Gasteiger partial charge on any atom is 0.301 e. The van der Waals surface area contributed by atoms with Crippen LogP contribution >= 0.6 is 22.3 Å².